The number of nitrogens with two attached hydrogens (primary N) is 2. The van der Waals surface area contributed by atoms with Crippen LogP contribution in [0.25, 0.3) is 21.8 Å². The Kier molecular flexibility index (Phi) is 14.0. The SMILES string of the molecule is C[C@H]1CC[C@H](c2cncc(F)c2)N(C(=O)C(=O)Nc2cnc(N)c3cnn(COCC[Si](C)(C)C)c23)C1.C[Si](C)(C)CCOCn1ncc2c(N)ncc(Br)c21. The van der Waals surface area contributed by atoms with E-state index in [0.29, 0.717) is 54.3 Å². The summed E-state index contributed by atoms with van der Waals surface area (Å²) in [5.74, 6) is -1.05. The lowest BCUT2D eigenvalue weighted by atomic mass is 9.90. The molecule has 19 heteroatoms. The summed E-state index contributed by atoms with van der Waals surface area (Å²) in [7, 11) is -2.30. The Bertz CT molecular complexity index is 2150. The minimum Gasteiger partial charge on any atom is -0.383 e. The zero-order valence-electron chi connectivity index (χ0n) is 33.2. The molecule has 0 saturated carbocycles. The van der Waals surface area contributed by atoms with Crippen LogP contribution < -0.4 is 16.8 Å². The second-order valence-electron chi connectivity index (χ2n) is 16.6. The molecular formula is C37H53BrFN11O4Si2. The number of hydrogen-bond donors (Lipinski definition) is 3. The number of likely N-dealkylation sites (tertiary alicyclic amines) is 1. The maximum absolute atomic E-state index is 13.9. The molecular weight excluding hydrogens is 818 g/mol. The van der Waals surface area contributed by atoms with Crippen molar-refractivity contribution in [2.24, 2.45) is 5.92 Å². The third kappa shape index (κ3) is 11.2. The van der Waals surface area contributed by atoms with E-state index >= 15 is 0 Å². The first-order chi connectivity index (χ1) is 26.4. The van der Waals surface area contributed by atoms with Gasteiger partial charge in [0.05, 0.1) is 62.8 Å². The topological polar surface area (TPSA) is 194 Å². The number of amides is 2. The van der Waals surface area contributed by atoms with Gasteiger partial charge in [-0.15, -0.1) is 0 Å². The first kappa shape index (κ1) is 42.8. The number of nitrogens with one attached hydrogen (secondary N) is 1. The zero-order valence-corrected chi connectivity index (χ0v) is 36.8. The summed E-state index contributed by atoms with van der Waals surface area (Å²) in [4.78, 5) is 40.2. The van der Waals surface area contributed by atoms with Crippen LogP contribution in [0.2, 0.25) is 51.4 Å². The fourth-order valence-corrected chi connectivity index (χ4v) is 8.22. The average Bonchev–Trinajstić information content (AvgIpc) is 3.77. The number of piperidine rings is 1. The van der Waals surface area contributed by atoms with Crippen LogP contribution in [-0.2, 0) is 32.5 Å². The highest BCUT2D eigenvalue weighted by molar-refractivity contribution is 9.10. The summed E-state index contributed by atoms with van der Waals surface area (Å²) in [6.07, 6.45) is 10.5. The molecule has 0 bridgehead atoms. The van der Waals surface area contributed by atoms with Crippen molar-refractivity contribution >= 4 is 83.0 Å². The second kappa shape index (κ2) is 18.3. The van der Waals surface area contributed by atoms with E-state index in [-0.39, 0.29) is 18.5 Å². The van der Waals surface area contributed by atoms with Crippen LogP contribution in [0.5, 0.6) is 0 Å². The third-order valence-corrected chi connectivity index (χ3v) is 13.4. The molecule has 1 fully saturated rings. The maximum Gasteiger partial charge on any atom is 0.314 e. The standard InChI is InChI=1S/C25H34FN7O3Si.C12H19BrN4OSi/c1-16-5-6-21(17-9-18(26)11-28-10-17)32(14-16)25(35)24(34)31-20-13-29-23(27)19-12-30-33(22(19)20)15-36-7-8-37(2,3)4;1-19(2,3)5-4-18-8-17-11-9(6-16-17)12(14)15-7-10(11)13/h9-13,16,21H,5-8,14-15H2,1-4H3,(H2,27,29)(H,31,34);6-7H,4-5,8H2,1-3H3,(H2,14,15)/t16-,21+;/m0./s1. The summed E-state index contributed by atoms with van der Waals surface area (Å²) in [6, 6.07) is 3.08. The van der Waals surface area contributed by atoms with Gasteiger partial charge in [-0.1, -0.05) is 46.2 Å². The van der Waals surface area contributed by atoms with Gasteiger partial charge in [0, 0.05) is 48.3 Å². The van der Waals surface area contributed by atoms with Gasteiger partial charge in [-0.05, 0) is 58.4 Å². The molecule has 1 saturated heterocycles. The average molecular weight is 871 g/mol. The summed E-state index contributed by atoms with van der Waals surface area (Å²) >= 11 is 3.47. The summed E-state index contributed by atoms with van der Waals surface area (Å²) in [5, 5.41) is 12.8. The highest BCUT2D eigenvalue weighted by atomic mass is 79.9. The highest BCUT2D eigenvalue weighted by Gasteiger charge is 2.35. The van der Waals surface area contributed by atoms with E-state index < -0.39 is 39.8 Å². The normalized spacial score (nSPS) is 16.2. The Balaban J connectivity index is 0.000000265. The van der Waals surface area contributed by atoms with Crippen molar-refractivity contribution in [3.63, 3.8) is 0 Å². The van der Waals surface area contributed by atoms with Crippen LogP contribution in [0.1, 0.15) is 31.4 Å². The van der Waals surface area contributed by atoms with Crippen molar-refractivity contribution in [3.8, 4) is 0 Å². The smallest absolute Gasteiger partial charge is 0.314 e. The van der Waals surface area contributed by atoms with E-state index in [1.165, 1.54) is 23.4 Å². The lowest BCUT2D eigenvalue weighted by Gasteiger charge is -2.38. The molecule has 15 nitrogen and oxygen atoms in total. The number of carbonyl (C=O) groups excluding carboxylic acids is 2. The van der Waals surface area contributed by atoms with E-state index in [2.05, 4.69) is 85.7 Å². The van der Waals surface area contributed by atoms with Crippen molar-refractivity contribution in [3.05, 3.63) is 59.1 Å². The number of rotatable bonds is 12. The number of ether oxygens (including phenoxy) is 2. The van der Waals surface area contributed by atoms with Crippen LogP contribution in [0.4, 0.5) is 21.7 Å². The van der Waals surface area contributed by atoms with Crippen LogP contribution >= 0.6 is 15.9 Å². The number of nitrogen functional groups attached to an aromatic ring is 2. The van der Waals surface area contributed by atoms with Crippen LogP contribution in [0.3, 0.4) is 0 Å². The molecule has 5 aromatic rings. The van der Waals surface area contributed by atoms with E-state index in [1.54, 1.807) is 23.3 Å². The van der Waals surface area contributed by atoms with Gasteiger partial charge >= 0.3 is 11.8 Å². The summed E-state index contributed by atoms with van der Waals surface area (Å²) < 4.78 is 29.7. The molecule has 0 unspecified atom stereocenters. The highest BCUT2D eigenvalue weighted by Crippen LogP contribution is 2.34. The largest absolute Gasteiger partial charge is 0.383 e. The van der Waals surface area contributed by atoms with E-state index in [1.807, 2.05) is 11.6 Å². The Morgan fingerprint density at radius 1 is 0.857 bits per heavy atom. The summed E-state index contributed by atoms with van der Waals surface area (Å²) in [5.41, 5.74) is 14.2. The molecule has 5 aromatic heterocycles. The van der Waals surface area contributed by atoms with Gasteiger partial charge in [-0.25, -0.2) is 23.7 Å². The van der Waals surface area contributed by atoms with Crippen LogP contribution in [0, 0.1) is 11.7 Å². The van der Waals surface area contributed by atoms with Crippen molar-refractivity contribution in [2.75, 3.05) is 36.5 Å². The number of carbonyl (C=O) groups is 2. The van der Waals surface area contributed by atoms with Gasteiger partial charge in [0.15, 0.2) is 0 Å². The molecule has 5 N–H and O–H groups in total. The molecule has 1 aliphatic rings. The molecule has 0 aromatic carbocycles. The number of anilines is 3. The van der Waals surface area contributed by atoms with Gasteiger partial charge in [0.1, 0.15) is 30.9 Å². The van der Waals surface area contributed by atoms with E-state index in [0.717, 1.165) is 46.7 Å². The zero-order chi connectivity index (χ0) is 40.8. The molecule has 1 aliphatic heterocycles. The number of pyridine rings is 3. The molecule has 2 amide bonds. The van der Waals surface area contributed by atoms with Gasteiger partial charge in [-0.3, -0.25) is 14.6 Å². The molecule has 6 heterocycles. The Morgan fingerprint density at radius 2 is 1.43 bits per heavy atom. The molecule has 0 aliphatic carbocycles. The molecule has 2 atom stereocenters. The molecule has 56 heavy (non-hydrogen) atoms. The Morgan fingerprint density at radius 3 is 2.02 bits per heavy atom. The lowest BCUT2D eigenvalue weighted by Crippen LogP contribution is -2.46. The first-order valence-electron chi connectivity index (χ1n) is 18.6. The number of aromatic nitrogens is 7. The first-order valence-corrected chi connectivity index (χ1v) is 26.9. The fraction of sp³-hybridized carbons (Fsp3) is 0.486. The molecule has 302 valence electrons. The third-order valence-electron chi connectivity index (χ3n) is 9.41. The van der Waals surface area contributed by atoms with Crippen molar-refractivity contribution in [1.82, 2.24) is 39.4 Å². The van der Waals surface area contributed by atoms with Gasteiger partial charge in [0.25, 0.3) is 0 Å². The Labute approximate surface area is 336 Å². The predicted octanol–water partition coefficient (Wildman–Crippen LogP) is 6.89. The number of nitrogens with zero attached hydrogens (tertiary/aromatic N) is 8. The van der Waals surface area contributed by atoms with Gasteiger partial charge in [-0.2, -0.15) is 10.2 Å². The summed E-state index contributed by atoms with van der Waals surface area (Å²) in [6.45, 7) is 18.2. The van der Waals surface area contributed by atoms with E-state index in [9.17, 15) is 14.0 Å². The predicted molar refractivity (Wildman–Crippen MR) is 225 cm³/mol. The molecule has 6 rings (SSSR count). The minimum atomic E-state index is -1.25. The van der Waals surface area contributed by atoms with Gasteiger partial charge in [0.2, 0.25) is 0 Å². The lowest BCUT2D eigenvalue weighted by molar-refractivity contribution is -0.146. The monoisotopic (exact) mass is 869 g/mol. The van der Waals surface area contributed by atoms with Gasteiger partial charge < -0.3 is 31.2 Å². The van der Waals surface area contributed by atoms with Crippen LogP contribution in [0.15, 0.2) is 47.7 Å². The number of fused-ring (bicyclic) bond motifs is 2. The molecule has 0 radical (unpaired) electrons. The number of hydrogen-bond acceptors (Lipinski definition) is 11. The number of halogens is 2. The quantitative estimate of drug-likeness (QED) is 0.0672. The minimum absolute atomic E-state index is 0.173. The van der Waals surface area contributed by atoms with Crippen LogP contribution in [-0.4, -0.2) is 87.1 Å². The second-order valence-corrected chi connectivity index (χ2v) is 28.7. The van der Waals surface area contributed by atoms with E-state index in [4.69, 9.17) is 20.9 Å². The van der Waals surface area contributed by atoms with Crippen molar-refractivity contribution in [2.45, 2.75) is 90.6 Å². The Hall–Kier alpha value is -4.31. The van der Waals surface area contributed by atoms with Crippen molar-refractivity contribution < 1.29 is 23.5 Å². The van der Waals surface area contributed by atoms with Crippen molar-refractivity contribution in [1.29, 1.82) is 0 Å². The molecule has 0 spiro atoms. The maximum atomic E-state index is 13.9. The fourth-order valence-electron chi connectivity index (χ4n) is 6.19.